The molecule has 11 aromatic rings. The molecule has 5 nitrogen and oxygen atoms in total. The average Bonchev–Trinajstić information content (AvgIpc) is 3.79. The van der Waals surface area contributed by atoms with E-state index in [9.17, 15) is 0 Å². The van der Waals surface area contributed by atoms with Gasteiger partial charge in [-0.15, -0.1) is 0 Å². The summed E-state index contributed by atoms with van der Waals surface area (Å²) in [6.07, 6.45) is 5.59. The highest BCUT2D eigenvalue weighted by Crippen LogP contribution is 2.40. The lowest BCUT2D eigenvalue weighted by Gasteiger charge is -2.13. The zero-order chi connectivity index (χ0) is 37.0. The van der Waals surface area contributed by atoms with E-state index in [1.54, 1.807) is 0 Å². The van der Waals surface area contributed by atoms with Gasteiger partial charge in [-0.2, -0.15) is 0 Å². The molecule has 0 aliphatic carbocycles. The van der Waals surface area contributed by atoms with Gasteiger partial charge >= 0.3 is 0 Å². The SMILES string of the molecule is c1ccc(-c2ccccc2-c2ccc3c(c2)c2ccccc2n3-c2cccc(-n3c4ccc(-c5ccccc5-c5ccccn5)cc4c4ncccc43)c2)nc1. The Morgan fingerprint density at radius 2 is 0.804 bits per heavy atom. The first kappa shape index (κ1) is 31.9. The van der Waals surface area contributed by atoms with Crippen LogP contribution in [0.25, 0.3) is 99.9 Å². The van der Waals surface area contributed by atoms with Crippen LogP contribution in [0.5, 0.6) is 0 Å². The fourth-order valence-electron chi connectivity index (χ4n) is 8.43. The van der Waals surface area contributed by atoms with E-state index in [0.717, 1.165) is 89.1 Å². The van der Waals surface area contributed by atoms with Gasteiger partial charge in [0.1, 0.15) is 0 Å². The zero-order valence-electron chi connectivity index (χ0n) is 30.3. The normalized spacial score (nSPS) is 11.6. The molecule has 0 bridgehead atoms. The van der Waals surface area contributed by atoms with Crippen LogP contribution in [0.2, 0.25) is 0 Å². The minimum absolute atomic E-state index is 0.955. The van der Waals surface area contributed by atoms with Gasteiger partial charge in [-0.25, -0.2) is 0 Å². The summed E-state index contributed by atoms with van der Waals surface area (Å²) in [6, 6.07) is 64.5. The number of hydrogen-bond acceptors (Lipinski definition) is 3. The quantitative estimate of drug-likeness (QED) is 0.172. The molecule has 0 unspecified atom stereocenters. The summed E-state index contributed by atoms with van der Waals surface area (Å²) in [6.45, 7) is 0. The fraction of sp³-hybridized carbons (Fsp3) is 0. The van der Waals surface area contributed by atoms with E-state index >= 15 is 0 Å². The van der Waals surface area contributed by atoms with E-state index in [1.807, 2.05) is 48.9 Å². The second kappa shape index (κ2) is 13.0. The molecule has 262 valence electrons. The second-order valence-corrected chi connectivity index (χ2v) is 14.1. The van der Waals surface area contributed by atoms with Crippen LogP contribution in [-0.4, -0.2) is 24.1 Å². The predicted molar refractivity (Wildman–Crippen MR) is 230 cm³/mol. The Morgan fingerprint density at radius 3 is 1.45 bits per heavy atom. The van der Waals surface area contributed by atoms with E-state index in [0.29, 0.717) is 0 Å². The molecule has 11 rings (SSSR count). The first-order valence-electron chi connectivity index (χ1n) is 18.8. The van der Waals surface area contributed by atoms with Crippen LogP contribution in [0.1, 0.15) is 0 Å². The Hall–Kier alpha value is -7.63. The Bertz CT molecular complexity index is 3030. The summed E-state index contributed by atoms with van der Waals surface area (Å²) in [5.41, 5.74) is 16.4. The largest absolute Gasteiger partial charge is 0.309 e. The van der Waals surface area contributed by atoms with Crippen molar-refractivity contribution in [3.8, 4) is 56.1 Å². The molecule has 0 saturated heterocycles. The predicted octanol–water partition coefficient (Wildman–Crippen LogP) is 12.7. The van der Waals surface area contributed by atoms with Crippen LogP contribution < -0.4 is 0 Å². The number of para-hydroxylation sites is 1. The maximum absolute atomic E-state index is 4.94. The Balaban J connectivity index is 1.06. The summed E-state index contributed by atoms with van der Waals surface area (Å²) >= 11 is 0. The minimum atomic E-state index is 0.955. The third-order valence-corrected chi connectivity index (χ3v) is 10.9. The van der Waals surface area contributed by atoms with Crippen LogP contribution in [0.4, 0.5) is 0 Å². The highest BCUT2D eigenvalue weighted by Gasteiger charge is 2.19. The lowest BCUT2D eigenvalue weighted by atomic mass is 9.96. The van der Waals surface area contributed by atoms with Gasteiger partial charge in [-0.05, 0) is 107 Å². The third kappa shape index (κ3) is 5.13. The number of rotatable bonds is 6. The first-order valence-corrected chi connectivity index (χ1v) is 18.8. The van der Waals surface area contributed by atoms with Crippen LogP contribution in [0.3, 0.4) is 0 Å². The molecule has 0 N–H and O–H groups in total. The molecule has 0 aliphatic rings. The van der Waals surface area contributed by atoms with Gasteiger partial charge in [0, 0.05) is 57.3 Å². The van der Waals surface area contributed by atoms with Gasteiger partial charge < -0.3 is 9.13 Å². The molecular formula is C51H33N5. The Morgan fingerprint density at radius 1 is 0.304 bits per heavy atom. The first-order chi connectivity index (χ1) is 27.8. The molecule has 5 heterocycles. The van der Waals surface area contributed by atoms with E-state index in [1.165, 1.54) is 10.8 Å². The Kier molecular flexibility index (Phi) is 7.42. The van der Waals surface area contributed by atoms with Crippen molar-refractivity contribution in [2.24, 2.45) is 0 Å². The number of benzene rings is 6. The second-order valence-electron chi connectivity index (χ2n) is 14.1. The van der Waals surface area contributed by atoms with Crippen molar-refractivity contribution in [3.05, 3.63) is 201 Å². The number of pyridine rings is 3. The molecule has 0 atom stereocenters. The number of fused-ring (bicyclic) bond motifs is 6. The number of nitrogens with zero attached hydrogens (tertiary/aromatic N) is 5. The smallest absolute Gasteiger partial charge is 0.0963 e. The highest BCUT2D eigenvalue weighted by molar-refractivity contribution is 6.11. The summed E-state index contributed by atoms with van der Waals surface area (Å²) in [7, 11) is 0. The molecule has 0 aliphatic heterocycles. The van der Waals surface area contributed by atoms with Crippen molar-refractivity contribution in [3.63, 3.8) is 0 Å². The van der Waals surface area contributed by atoms with Crippen molar-refractivity contribution in [2.45, 2.75) is 0 Å². The van der Waals surface area contributed by atoms with E-state index in [2.05, 4.69) is 171 Å². The zero-order valence-corrected chi connectivity index (χ0v) is 30.3. The molecule has 0 fully saturated rings. The van der Waals surface area contributed by atoms with E-state index < -0.39 is 0 Å². The highest BCUT2D eigenvalue weighted by atomic mass is 15.0. The van der Waals surface area contributed by atoms with Gasteiger partial charge in [0.15, 0.2) is 0 Å². The summed E-state index contributed by atoms with van der Waals surface area (Å²) in [5, 5.41) is 3.53. The van der Waals surface area contributed by atoms with Crippen LogP contribution in [-0.2, 0) is 0 Å². The van der Waals surface area contributed by atoms with Crippen molar-refractivity contribution in [1.29, 1.82) is 0 Å². The molecule has 56 heavy (non-hydrogen) atoms. The Labute approximate surface area is 323 Å². The van der Waals surface area contributed by atoms with Crippen molar-refractivity contribution < 1.29 is 0 Å². The molecule has 0 amide bonds. The third-order valence-electron chi connectivity index (χ3n) is 10.9. The molecule has 5 aromatic heterocycles. The van der Waals surface area contributed by atoms with Gasteiger partial charge in [0.25, 0.3) is 0 Å². The minimum Gasteiger partial charge on any atom is -0.309 e. The monoisotopic (exact) mass is 715 g/mol. The lowest BCUT2D eigenvalue weighted by molar-refractivity contribution is 1.13. The molecule has 0 saturated carbocycles. The van der Waals surface area contributed by atoms with Gasteiger partial charge in [-0.3, -0.25) is 15.0 Å². The van der Waals surface area contributed by atoms with Gasteiger partial charge in [-0.1, -0.05) is 97.1 Å². The van der Waals surface area contributed by atoms with Crippen LogP contribution in [0, 0.1) is 0 Å². The van der Waals surface area contributed by atoms with E-state index in [-0.39, 0.29) is 0 Å². The molecule has 0 radical (unpaired) electrons. The maximum atomic E-state index is 4.94. The molecule has 6 aromatic carbocycles. The standard InChI is InChI=1S/C51H33N5/c1-3-17-40(45-20-7-9-28-52-45)38(15-1)34-24-26-48-43(31-34)42-19-5-6-22-47(42)55(48)36-13-11-14-37(33-36)56-49-27-25-35(32-44(49)51-50(56)23-12-30-54-51)39-16-2-4-18-41(39)46-21-8-10-29-53-46/h1-33H. The number of hydrogen-bond donors (Lipinski definition) is 0. The van der Waals surface area contributed by atoms with Gasteiger partial charge in [0.05, 0.1) is 39.0 Å². The van der Waals surface area contributed by atoms with Gasteiger partial charge in [0.2, 0.25) is 0 Å². The molecular weight excluding hydrogens is 683 g/mol. The topological polar surface area (TPSA) is 48.5 Å². The van der Waals surface area contributed by atoms with Crippen molar-refractivity contribution in [1.82, 2.24) is 24.1 Å². The van der Waals surface area contributed by atoms with Crippen LogP contribution in [0.15, 0.2) is 201 Å². The number of aromatic nitrogens is 5. The molecule has 0 spiro atoms. The van der Waals surface area contributed by atoms with Crippen molar-refractivity contribution >= 4 is 43.7 Å². The lowest BCUT2D eigenvalue weighted by Crippen LogP contribution is -1.98. The summed E-state index contributed by atoms with van der Waals surface area (Å²) in [4.78, 5) is 14.3. The van der Waals surface area contributed by atoms with E-state index in [4.69, 9.17) is 4.98 Å². The fourth-order valence-corrected chi connectivity index (χ4v) is 8.43. The van der Waals surface area contributed by atoms with Crippen molar-refractivity contribution in [2.75, 3.05) is 0 Å². The maximum Gasteiger partial charge on any atom is 0.0963 e. The molecule has 5 heteroatoms. The summed E-state index contributed by atoms with van der Waals surface area (Å²) in [5.74, 6) is 0. The van der Waals surface area contributed by atoms with Crippen LogP contribution >= 0.6 is 0 Å². The summed E-state index contributed by atoms with van der Waals surface area (Å²) < 4.78 is 4.73. The average molecular weight is 716 g/mol.